The van der Waals surface area contributed by atoms with Crippen LogP contribution in [-0.2, 0) is 0 Å². The highest BCUT2D eigenvalue weighted by atomic mass is 79.9. The summed E-state index contributed by atoms with van der Waals surface area (Å²) in [4.78, 5) is 13.6. The van der Waals surface area contributed by atoms with E-state index in [-0.39, 0.29) is 0 Å². The summed E-state index contributed by atoms with van der Waals surface area (Å²) in [5.41, 5.74) is 1.02. The van der Waals surface area contributed by atoms with Crippen molar-refractivity contribution in [3.63, 3.8) is 0 Å². The molecule has 0 spiro atoms. The molecule has 1 unspecified atom stereocenters. The van der Waals surface area contributed by atoms with E-state index < -0.39 is 5.97 Å². The Hall–Kier alpha value is -1.07. The van der Waals surface area contributed by atoms with Crippen molar-refractivity contribution in [2.75, 3.05) is 31.5 Å². The first kappa shape index (κ1) is 14.3. The van der Waals surface area contributed by atoms with Gasteiger partial charge in [-0.15, -0.1) is 0 Å². The number of carboxylic acids is 1. The minimum absolute atomic E-state index is 0.319. The van der Waals surface area contributed by atoms with Crippen molar-refractivity contribution in [3.05, 3.63) is 28.2 Å². The minimum atomic E-state index is -0.898. The monoisotopic (exact) mass is 326 g/mol. The SMILES string of the molecule is CCN1CCC(CNc2ccc(Br)cc2C(=O)O)C1. The van der Waals surface area contributed by atoms with Gasteiger partial charge in [0, 0.05) is 23.2 Å². The Morgan fingerprint density at radius 3 is 3.00 bits per heavy atom. The van der Waals surface area contributed by atoms with E-state index in [0.29, 0.717) is 17.2 Å². The van der Waals surface area contributed by atoms with Crippen molar-refractivity contribution in [1.29, 1.82) is 0 Å². The van der Waals surface area contributed by atoms with Crippen LogP contribution in [-0.4, -0.2) is 42.2 Å². The average Bonchev–Trinajstić information content (AvgIpc) is 2.85. The number of rotatable bonds is 5. The van der Waals surface area contributed by atoms with Gasteiger partial charge < -0.3 is 15.3 Å². The van der Waals surface area contributed by atoms with Crippen molar-refractivity contribution >= 4 is 27.6 Å². The minimum Gasteiger partial charge on any atom is -0.478 e. The van der Waals surface area contributed by atoms with E-state index in [1.165, 1.54) is 6.42 Å². The van der Waals surface area contributed by atoms with E-state index in [4.69, 9.17) is 0 Å². The Morgan fingerprint density at radius 1 is 1.58 bits per heavy atom. The van der Waals surface area contributed by atoms with Crippen molar-refractivity contribution in [2.45, 2.75) is 13.3 Å². The van der Waals surface area contributed by atoms with Gasteiger partial charge in [0.25, 0.3) is 0 Å². The van der Waals surface area contributed by atoms with Crippen molar-refractivity contribution in [1.82, 2.24) is 4.90 Å². The molecule has 0 radical (unpaired) electrons. The average molecular weight is 327 g/mol. The molecule has 0 bridgehead atoms. The standard InChI is InChI=1S/C14H19BrN2O2/c1-2-17-6-5-10(9-17)8-16-13-4-3-11(15)7-12(13)14(18)19/h3-4,7,10,16H,2,5-6,8-9H2,1H3,(H,18,19). The van der Waals surface area contributed by atoms with E-state index in [9.17, 15) is 9.90 Å². The molecule has 1 saturated heterocycles. The second-order valence-electron chi connectivity index (χ2n) is 4.92. The molecule has 0 amide bonds. The molecular formula is C14H19BrN2O2. The fourth-order valence-electron chi connectivity index (χ4n) is 2.47. The number of nitrogens with zero attached hydrogens (tertiary/aromatic N) is 1. The van der Waals surface area contributed by atoms with Crippen LogP contribution < -0.4 is 5.32 Å². The van der Waals surface area contributed by atoms with Gasteiger partial charge >= 0.3 is 5.97 Å². The Morgan fingerprint density at radius 2 is 2.37 bits per heavy atom. The van der Waals surface area contributed by atoms with E-state index in [2.05, 4.69) is 33.1 Å². The summed E-state index contributed by atoms with van der Waals surface area (Å²) in [6, 6.07) is 5.32. The number of aromatic carboxylic acids is 1. The van der Waals surface area contributed by atoms with Crippen LogP contribution in [0.25, 0.3) is 0 Å². The molecule has 1 aromatic carbocycles. The van der Waals surface area contributed by atoms with Crippen molar-refractivity contribution in [3.8, 4) is 0 Å². The molecule has 2 rings (SSSR count). The van der Waals surface area contributed by atoms with Gasteiger partial charge in [-0.05, 0) is 43.6 Å². The molecule has 104 valence electrons. The molecule has 1 fully saturated rings. The van der Waals surface area contributed by atoms with Crippen LogP contribution in [0.3, 0.4) is 0 Å². The zero-order valence-corrected chi connectivity index (χ0v) is 12.6. The zero-order chi connectivity index (χ0) is 13.8. The lowest BCUT2D eigenvalue weighted by Gasteiger charge is -2.15. The number of anilines is 1. The molecule has 5 heteroatoms. The van der Waals surface area contributed by atoms with Gasteiger partial charge in [0.2, 0.25) is 0 Å². The van der Waals surface area contributed by atoms with Crippen LogP contribution in [0.4, 0.5) is 5.69 Å². The highest BCUT2D eigenvalue weighted by Crippen LogP contribution is 2.23. The molecule has 1 aromatic rings. The van der Waals surface area contributed by atoms with E-state index in [1.807, 2.05) is 12.1 Å². The van der Waals surface area contributed by atoms with Gasteiger partial charge in [-0.3, -0.25) is 0 Å². The van der Waals surface area contributed by atoms with Gasteiger partial charge in [-0.25, -0.2) is 4.79 Å². The number of likely N-dealkylation sites (tertiary alicyclic amines) is 1. The molecule has 19 heavy (non-hydrogen) atoms. The third kappa shape index (κ3) is 3.70. The maximum Gasteiger partial charge on any atom is 0.337 e. The maximum absolute atomic E-state index is 11.2. The molecule has 0 saturated carbocycles. The van der Waals surface area contributed by atoms with Gasteiger partial charge in [-0.2, -0.15) is 0 Å². The summed E-state index contributed by atoms with van der Waals surface area (Å²) >= 11 is 3.30. The molecule has 0 aliphatic carbocycles. The van der Waals surface area contributed by atoms with Gasteiger partial charge in [0.15, 0.2) is 0 Å². The fraction of sp³-hybridized carbons (Fsp3) is 0.500. The summed E-state index contributed by atoms with van der Waals surface area (Å²) in [5, 5.41) is 12.5. The van der Waals surface area contributed by atoms with E-state index in [1.54, 1.807) is 6.07 Å². The van der Waals surface area contributed by atoms with Crippen LogP contribution in [0.1, 0.15) is 23.7 Å². The smallest absolute Gasteiger partial charge is 0.337 e. The summed E-state index contributed by atoms with van der Waals surface area (Å²) in [6.45, 7) is 6.35. The Kier molecular flexibility index (Phi) is 4.82. The van der Waals surface area contributed by atoms with Crippen molar-refractivity contribution < 1.29 is 9.90 Å². The first-order chi connectivity index (χ1) is 9.10. The number of carbonyl (C=O) groups is 1. The number of halogens is 1. The molecule has 4 nitrogen and oxygen atoms in total. The summed E-state index contributed by atoms with van der Waals surface area (Å²) in [7, 11) is 0. The van der Waals surface area contributed by atoms with Crippen LogP contribution in [0, 0.1) is 5.92 Å². The highest BCUT2D eigenvalue weighted by molar-refractivity contribution is 9.10. The Bertz CT molecular complexity index is 465. The topological polar surface area (TPSA) is 52.6 Å². The highest BCUT2D eigenvalue weighted by Gasteiger charge is 2.21. The van der Waals surface area contributed by atoms with Gasteiger partial charge in [0.05, 0.1) is 5.56 Å². The first-order valence-electron chi connectivity index (χ1n) is 6.59. The largest absolute Gasteiger partial charge is 0.478 e. The number of nitrogens with one attached hydrogen (secondary N) is 1. The number of carboxylic acid groups (broad SMARTS) is 1. The van der Waals surface area contributed by atoms with Crippen molar-refractivity contribution in [2.24, 2.45) is 5.92 Å². The second kappa shape index (κ2) is 6.39. The van der Waals surface area contributed by atoms with Crippen LogP contribution in [0.15, 0.2) is 22.7 Å². The summed E-state index contributed by atoms with van der Waals surface area (Å²) < 4.78 is 0.786. The first-order valence-corrected chi connectivity index (χ1v) is 7.38. The predicted molar refractivity (Wildman–Crippen MR) is 79.8 cm³/mol. The zero-order valence-electron chi connectivity index (χ0n) is 11.0. The molecule has 1 aliphatic rings. The molecule has 1 aliphatic heterocycles. The molecule has 0 aromatic heterocycles. The van der Waals surface area contributed by atoms with E-state index in [0.717, 1.165) is 30.7 Å². The van der Waals surface area contributed by atoms with Gasteiger partial charge in [0.1, 0.15) is 0 Å². The lowest BCUT2D eigenvalue weighted by atomic mass is 10.1. The number of hydrogen-bond donors (Lipinski definition) is 2. The molecular weight excluding hydrogens is 308 g/mol. The third-order valence-electron chi connectivity index (χ3n) is 3.61. The quantitative estimate of drug-likeness (QED) is 0.873. The second-order valence-corrected chi connectivity index (χ2v) is 5.84. The number of hydrogen-bond acceptors (Lipinski definition) is 3. The Balaban J connectivity index is 1.98. The predicted octanol–water partition coefficient (Wildman–Crippen LogP) is 2.90. The van der Waals surface area contributed by atoms with E-state index >= 15 is 0 Å². The lowest BCUT2D eigenvalue weighted by molar-refractivity contribution is 0.0698. The van der Waals surface area contributed by atoms with Crippen LogP contribution in [0.5, 0.6) is 0 Å². The van der Waals surface area contributed by atoms with Crippen LogP contribution in [0.2, 0.25) is 0 Å². The fourth-order valence-corrected chi connectivity index (χ4v) is 2.83. The molecule has 1 atom stereocenters. The summed E-state index contributed by atoms with van der Waals surface area (Å²) in [6.07, 6.45) is 1.18. The maximum atomic E-state index is 11.2. The normalized spacial score (nSPS) is 19.6. The molecule has 1 heterocycles. The van der Waals surface area contributed by atoms with Crippen LogP contribution >= 0.6 is 15.9 Å². The van der Waals surface area contributed by atoms with Gasteiger partial charge in [-0.1, -0.05) is 22.9 Å². The number of benzene rings is 1. The Labute approximate surface area is 121 Å². The lowest BCUT2D eigenvalue weighted by Crippen LogP contribution is -2.22. The molecule has 2 N–H and O–H groups in total. The summed E-state index contributed by atoms with van der Waals surface area (Å²) in [5.74, 6) is -0.296. The third-order valence-corrected chi connectivity index (χ3v) is 4.10.